The van der Waals surface area contributed by atoms with E-state index in [2.05, 4.69) is 10.2 Å². The molecule has 5 heteroatoms. The highest BCUT2D eigenvalue weighted by atomic mass is 16.4. The van der Waals surface area contributed by atoms with Crippen LogP contribution in [0.2, 0.25) is 0 Å². The summed E-state index contributed by atoms with van der Waals surface area (Å²) in [6.45, 7) is 0. The van der Waals surface area contributed by atoms with Gasteiger partial charge in [-0.3, -0.25) is 4.79 Å². The van der Waals surface area contributed by atoms with E-state index in [0.29, 0.717) is 22.3 Å². The molecule has 0 spiro atoms. The first kappa shape index (κ1) is 14.6. The Labute approximate surface area is 131 Å². The smallest absolute Gasteiger partial charge is 0.336 e. The second-order valence-corrected chi connectivity index (χ2v) is 4.89. The second-order valence-electron chi connectivity index (χ2n) is 4.89. The molecule has 0 bridgehead atoms. The molecule has 0 saturated heterocycles. The van der Waals surface area contributed by atoms with Crippen molar-refractivity contribution in [1.29, 1.82) is 0 Å². The van der Waals surface area contributed by atoms with E-state index in [1.165, 1.54) is 6.07 Å². The monoisotopic (exact) mass is 304 g/mol. The van der Waals surface area contributed by atoms with Gasteiger partial charge in [-0.25, -0.2) is 4.79 Å². The molecular formula is C18H12N2O3. The molecule has 3 rings (SSSR count). The summed E-state index contributed by atoms with van der Waals surface area (Å²) in [4.78, 5) is 21.9. The summed E-state index contributed by atoms with van der Waals surface area (Å²) in [5, 5.41) is 18.9. The molecule has 0 aliphatic rings. The minimum Gasteiger partial charge on any atom is -0.478 e. The molecule has 0 amide bonds. The van der Waals surface area contributed by atoms with E-state index >= 15 is 0 Å². The Kier molecular flexibility index (Phi) is 3.93. The lowest BCUT2D eigenvalue weighted by atomic mass is 10.0. The van der Waals surface area contributed by atoms with E-state index < -0.39 is 5.97 Å². The van der Waals surface area contributed by atoms with E-state index in [1.54, 1.807) is 42.5 Å². The second kappa shape index (κ2) is 6.19. The van der Waals surface area contributed by atoms with Gasteiger partial charge in [0, 0.05) is 10.9 Å². The third-order valence-corrected chi connectivity index (χ3v) is 3.43. The Morgan fingerprint density at radius 3 is 2.22 bits per heavy atom. The SMILES string of the molecule is O=Cc1ccc(N=Nc2ccc(C(=O)O)c3ccccc23)cc1. The van der Waals surface area contributed by atoms with Crippen LogP contribution >= 0.6 is 0 Å². The van der Waals surface area contributed by atoms with Gasteiger partial charge in [0.25, 0.3) is 0 Å². The quantitative estimate of drug-likeness (QED) is 0.557. The summed E-state index contributed by atoms with van der Waals surface area (Å²) in [7, 11) is 0. The Hall–Kier alpha value is -3.34. The van der Waals surface area contributed by atoms with Gasteiger partial charge in [-0.15, -0.1) is 5.11 Å². The number of carbonyl (C=O) groups is 2. The first-order chi connectivity index (χ1) is 11.2. The number of carbonyl (C=O) groups excluding carboxylic acids is 1. The van der Waals surface area contributed by atoms with Crippen LogP contribution in [0.25, 0.3) is 10.8 Å². The van der Waals surface area contributed by atoms with Gasteiger partial charge in [0.15, 0.2) is 0 Å². The fraction of sp³-hybridized carbons (Fsp3) is 0. The lowest BCUT2D eigenvalue weighted by Gasteiger charge is -2.04. The maximum atomic E-state index is 11.3. The fourth-order valence-electron chi connectivity index (χ4n) is 2.29. The van der Waals surface area contributed by atoms with Crippen LogP contribution in [0.1, 0.15) is 20.7 Å². The summed E-state index contributed by atoms with van der Waals surface area (Å²) in [6.07, 6.45) is 0.763. The number of carboxylic acids is 1. The van der Waals surface area contributed by atoms with E-state index in [4.69, 9.17) is 0 Å². The summed E-state index contributed by atoms with van der Waals surface area (Å²) >= 11 is 0. The minimum absolute atomic E-state index is 0.231. The molecule has 3 aromatic carbocycles. The standard InChI is InChI=1S/C18H12N2O3/c21-11-12-5-7-13(8-6-12)19-20-17-10-9-16(18(22)23)14-3-1-2-4-15(14)17/h1-11H,(H,22,23). The van der Waals surface area contributed by atoms with Crippen LogP contribution in [-0.2, 0) is 0 Å². The molecule has 0 aromatic heterocycles. The summed E-state index contributed by atoms with van der Waals surface area (Å²) < 4.78 is 0. The first-order valence-electron chi connectivity index (χ1n) is 6.91. The van der Waals surface area contributed by atoms with Crippen LogP contribution in [0.4, 0.5) is 11.4 Å². The zero-order valence-corrected chi connectivity index (χ0v) is 12.0. The van der Waals surface area contributed by atoms with Gasteiger partial charge in [-0.2, -0.15) is 5.11 Å². The van der Waals surface area contributed by atoms with Gasteiger partial charge < -0.3 is 5.11 Å². The highest BCUT2D eigenvalue weighted by Gasteiger charge is 2.10. The van der Waals surface area contributed by atoms with Gasteiger partial charge in [0.1, 0.15) is 6.29 Å². The average molecular weight is 304 g/mol. The number of carboxylic acid groups (broad SMARTS) is 1. The lowest BCUT2D eigenvalue weighted by Crippen LogP contribution is -1.96. The van der Waals surface area contributed by atoms with E-state index in [-0.39, 0.29) is 5.56 Å². The molecule has 0 radical (unpaired) electrons. The van der Waals surface area contributed by atoms with Crippen molar-refractivity contribution in [2.75, 3.05) is 0 Å². The first-order valence-corrected chi connectivity index (χ1v) is 6.91. The number of azo groups is 1. The third kappa shape index (κ3) is 2.98. The lowest BCUT2D eigenvalue weighted by molar-refractivity contribution is 0.0699. The summed E-state index contributed by atoms with van der Waals surface area (Å²) in [5.41, 5.74) is 2.00. The molecule has 23 heavy (non-hydrogen) atoms. The number of rotatable bonds is 4. The maximum Gasteiger partial charge on any atom is 0.336 e. The van der Waals surface area contributed by atoms with Crippen LogP contribution in [-0.4, -0.2) is 17.4 Å². The number of benzene rings is 3. The molecule has 1 N–H and O–H groups in total. The predicted octanol–water partition coefficient (Wildman–Crippen LogP) is 4.77. The molecule has 0 aliphatic heterocycles. The van der Waals surface area contributed by atoms with Crippen molar-refractivity contribution in [1.82, 2.24) is 0 Å². The highest BCUT2D eigenvalue weighted by Crippen LogP contribution is 2.30. The zero-order chi connectivity index (χ0) is 16.2. The van der Waals surface area contributed by atoms with Crippen molar-refractivity contribution in [2.45, 2.75) is 0 Å². The number of aldehydes is 1. The van der Waals surface area contributed by atoms with Crippen LogP contribution in [0.5, 0.6) is 0 Å². The minimum atomic E-state index is -0.978. The van der Waals surface area contributed by atoms with E-state index in [9.17, 15) is 14.7 Å². The largest absolute Gasteiger partial charge is 0.478 e. The molecule has 0 aliphatic carbocycles. The molecule has 0 fully saturated rings. The Balaban J connectivity index is 2.03. The summed E-state index contributed by atoms with van der Waals surface area (Å²) in [6, 6.07) is 17.0. The summed E-state index contributed by atoms with van der Waals surface area (Å²) in [5.74, 6) is -0.978. The van der Waals surface area contributed by atoms with Crippen molar-refractivity contribution < 1.29 is 14.7 Å². The average Bonchev–Trinajstić information content (AvgIpc) is 2.59. The van der Waals surface area contributed by atoms with Gasteiger partial charge in [0.05, 0.1) is 16.9 Å². The van der Waals surface area contributed by atoms with Crippen LogP contribution in [0.3, 0.4) is 0 Å². The number of hydrogen-bond donors (Lipinski definition) is 1. The fourth-order valence-corrected chi connectivity index (χ4v) is 2.29. The topological polar surface area (TPSA) is 79.1 Å². The Bertz CT molecular complexity index is 915. The molecule has 0 unspecified atom stereocenters. The number of aromatic carboxylic acids is 1. The predicted molar refractivity (Wildman–Crippen MR) is 86.9 cm³/mol. The maximum absolute atomic E-state index is 11.3. The molecular weight excluding hydrogens is 292 g/mol. The van der Waals surface area contributed by atoms with Gasteiger partial charge in [0.2, 0.25) is 0 Å². The Morgan fingerprint density at radius 1 is 0.870 bits per heavy atom. The number of fused-ring (bicyclic) bond motifs is 1. The molecule has 3 aromatic rings. The number of nitrogens with zero attached hydrogens (tertiary/aromatic N) is 2. The number of hydrogen-bond acceptors (Lipinski definition) is 4. The van der Waals surface area contributed by atoms with Crippen molar-refractivity contribution in [3.63, 3.8) is 0 Å². The molecule has 0 heterocycles. The molecule has 112 valence electrons. The normalized spacial score (nSPS) is 11.0. The molecule has 5 nitrogen and oxygen atoms in total. The van der Waals surface area contributed by atoms with Gasteiger partial charge in [-0.1, -0.05) is 24.3 Å². The zero-order valence-electron chi connectivity index (χ0n) is 12.0. The van der Waals surface area contributed by atoms with Crippen LogP contribution < -0.4 is 0 Å². The van der Waals surface area contributed by atoms with Crippen molar-refractivity contribution in [2.24, 2.45) is 10.2 Å². The van der Waals surface area contributed by atoms with Gasteiger partial charge >= 0.3 is 5.97 Å². The van der Waals surface area contributed by atoms with Crippen LogP contribution in [0, 0.1) is 0 Å². The molecule has 0 atom stereocenters. The Morgan fingerprint density at radius 2 is 1.57 bits per heavy atom. The van der Waals surface area contributed by atoms with E-state index in [0.717, 1.165) is 11.7 Å². The molecule has 0 saturated carbocycles. The highest BCUT2D eigenvalue weighted by molar-refractivity contribution is 6.07. The third-order valence-electron chi connectivity index (χ3n) is 3.43. The van der Waals surface area contributed by atoms with Crippen LogP contribution in [0.15, 0.2) is 70.9 Å². The van der Waals surface area contributed by atoms with Crippen molar-refractivity contribution in [3.05, 3.63) is 71.8 Å². The van der Waals surface area contributed by atoms with Gasteiger partial charge in [-0.05, 0) is 41.8 Å². The van der Waals surface area contributed by atoms with Crippen molar-refractivity contribution in [3.8, 4) is 0 Å². The van der Waals surface area contributed by atoms with Crippen molar-refractivity contribution >= 4 is 34.4 Å². The van der Waals surface area contributed by atoms with E-state index in [1.807, 2.05) is 12.1 Å².